The Morgan fingerprint density at radius 1 is 1.47 bits per heavy atom. The summed E-state index contributed by atoms with van der Waals surface area (Å²) in [5, 5.41) is 4.17. The van der Waals surface area contributed by atoms with Crippen LogP contribution in [-0.2, 0) is 0 Å². The van der Waals surface area contributed by atoms with Crippen molar-refractivity contribution < 1.29 is 4.74 Å². The smallest absolute Gasteiger partial charge is 0.160 e. The van der Waals surface area contributed by atoms with E-state index in [4.69, 9.17) is 33.7 Å². The van der Waals surface area contributed by atoms with Crippen molar-refractivity contribution in [1.29, 1.82) is 0 Å². The molecule has 0 radical (unpaired) electrons. The molecule has 0 aliphatic carbocycles. The third-order valence-corrected chi connectivity index (χ3v) is 2.33. The third kappa shape index (κ3) is 3.45. The Morgan fingerprint density at radius 2 is 2.13 bits per heavy atom. The van der Waals surface area contributed by atoms with Gasteiger partial charge in [-0.1, -0.05) is 23.2 Å². The van der Waals surface area contributed by atoms with Gasteiger partial charge in [0.05, 0.1) is 17.8 Å². The Morgan fingerprint density at radius 3 is 2.67 bits per heavy atom. The highest BCUT2D eigenvalue weighted by Crippen LogP contribution is 2.35. The van der Waals surface area contributed by atoms with E-state index in [1.807, 2.05) is 6.92 Å². The van der Waals surface area contributed by atoms with E-state index in [1.165, 1.54) is 0 Å². The van der Waals surface area contributed by atoms with Crippen LogP contribution in [0.25, 0.3) is 0 Å². The van der Waals surface area contributed by atoms with E-state index in [-0.39, 0.29) is 6.04 Å². The number of rotatable bonds is 4. The van der Waals surface area contributed by atoms with Gasteiger partial charge in [-0.25, -0.2) is 0 Å². The van der Waals surface area contributed by atoms with Crippen LogP contribution in [0.1, 0.15) is 6.92 Å². The molecule has 0 bridgehead atoms. The van der Waals surface area contributed by atoms with Crippen LogP contribution in [0.2, 0.25) is 10.0 Å². The first kappa shape index (κ1) is 12.4. The zero-order valence-corrected chi connectivity index (χ0v) is 10.2. The summed E-state index contributed by atoms with van der Waals surface area (Å²) in [6, 6.07) is 3.45. The molecule has 0 aliphatic rings. The number of anilines is 1. The number of hydrogen-bond donors (Lipinski definition) is 2. The molecular weight excluding hydrogens is 235 g/mol. The maximum Gasteiger partial charge on any atom is 0.160 e. The van der Waals surface area contributed by atoms with Crippen LogP contribution in [0.3, 0.4) is 0 Å². The molecule has 0 heterocycles. The molecule has 1 atom stereocenters. The average molecular weight is 249 g/mol. The monoisotopic (exact) mass is 248 g/mol. The van der Waals surface area contributed by atoms with Crippen molar-refractivity contribution in [3.63, 3.8) is 0 Å². The maximum absolute atomic E-state index is 5.97. The second kappa shape index (κ2) is 5.45. The highest BCUT2D eigenvalue weighted by Gasteiger charge is 2.09. The molecule has 0 fully saturated rings. The van der Waals surface area contributed by atoms with Crippen molar-refractivity contribution in [2.24, 2.45) is 5.73 Å². The van der Waals surface area contributed by atoms with E-state index in [9.17, 15) is 0 Å². The van der Waals surface area contributed by atoms with Crippen LogP contribution >= 0.6 is 23.2 Å². The van der Waals surface area contributed by atoms with Gasteiger partial charge in [-0.05, 0) is 19.1 Å². The fraction of sp³-hybridized carbons (Fsp3) is 0.400. The normalized spacial score (nSPS) is 12.3. The van der Waals surface area contributed by atoms with Crippen LogP contribution in [0.4, 0.5) is 5.69 Å². The number of nitrogens with one attached hydrogen (secondary N) is 1. The lowest BCUT2D eigenvalue weighted by Gasteiger charge is -2.14. The average Bonchev–Trinajstić information content (AvgIpc) is 2.13. The molecule has 0 aromatic heterocycles. The Balaban J connectivity index is 2.93. The summed E-state index contributed by atoms with van der Waals surface area (Å²) in [6.45, 7) is 2.54. The summed E-state index contributed by atoms with van der Waals surface area (Å²) in [4.78, 5) is 0. The number of nitrogens with two attached hydrogens (primary N) is 1. The van der Waals surface area contributed by atoms with Crippen LogP contribution in [0.15, 0.2) is 12.1 Å². The van der Waals surface area contributed by atoms with Crippen LogP contribution in [0.5, 0.6) is 5.75 Å². The topological polar surface area (TPSA) is 47.3 Å². The van der Waals surface area contributed by atoms with E-state index in [1.54, 1.807) is 19.2 Å². The number of halogens is 2. The molecule has 0 amide bonds. The van der Waals surface area contributed by atoms with Gasteiger partial charge in [0.1, 0.15) is 0 Å². The van der Waals surface area contributed by atoms with Gasteiger partial charge in [0.15, 0.2) is 5.75 Å². The maximum atomic E-state index is 5.97. The van der Waals surface area contributed by atoms with Crippen molar-refractivity contribution in [2.75, 3.05) is 19.0 Å². The second-order valence-electron chi connectivity index (χ2n) is 3.33. The molecule has 1 aromatic carbocycles. The molecule has 84 valence electrons. The number of methoxy groups -OCH3 is 1. The summed E-state index contributed by atoms with van der Waals surface area (Å²) in [7, 11) is 1.56. The first-order valence-corrected chi connectivity index (χ1v) is 5.32. The molecule has 0 saturated heterocycles. The predicted octanol–water partition coefficient (Wildman–Crippen LogP) is 2.76. The molecule has 1 aromatic rings. The Labute approximate surface area is 99.5 Å². The van der Waals surface area contributed by atoms with E-state index >= 15 is 0 Å². The fourth-order valence-electron chi connectivity index (χ4n) is 1.17. The lowest BCUT2D eigenvalue weighted by Crippen LogP contribution is -2.25. The first-order valence-electron chi connectivity index (χ1n) is 4.57. The second-order valence-corrected chi connectivity index (χ2v) is 4.17. The molecular formula is C10H14Cl2N2O. The predicted molar refractivity (Wildman–Crippen MR) is 65.2 cm³/mol. The summed E-state index contributed by atoms with van der Waals surface area (Å²) >= 11 is 11.9. The molecule has 3 nitrogen and oxygen atoms in total. The summed E-state index contributed by atoms with van der Waals surface area (Å²) in [6.07, 6.45) is 0. The van der Waals surface area contributed by atoms with Gasteiger partial charge in [-0.15, -0.1) is 0 Å². The van der Waals surface area contributed by atoms with E-state index < -0.39 is 0 Å². The molecule has 15 heavy (non-hydrogen) atoms. The zero-order chi connectivity index (χ0) is 11.4. The summed E-state index contributed by atoms with van der Waals surface area (Å²) < 4.78 is 5.17. The minimum Gasteiger partial charge on any atom is -0.493 e. The largest absolute Gasteiger partial charge is 0.493 e. The zero-order valence-electron chi connectivity index (χ0n) is 8.68. The van der Waals surface area contributed by atoms with E-state index in [0.717, 1.165) is 5.69 Å². The quantitative estimate of drug-likeness (QED) is 0.862. The van der Waals surface area contributed by atoms with Gasteiger partial charge >= 0.3 is 0 Å². The molecule has 0 spiro atoms. The molecule has 5 heteroatoms. The Hall–Kier alpha value is -0.640. The summed E-state index contributed by atoms with van der Waals surface area (Å²) in [5.74, 6) is 0.585. The van der Waals surface area contributed by atoms with Crippen molar-refractivity contribution in [3.05, 3.63) is 22.2 Å². The number of benzene rings is 1. The highest BCUT2D eigenvalue weighted by molar-refractivity contribution is 6.36. The standard InChI is InChI=1S/C10H14Cl2N2O/c1-6(13)5-14-9-4-7(11)3-8(12)10(9)15-2/h3-4,6,14H,5,13H2,1-2H3. The molecule has 0 aliphatic heterocycles. The van der Waals surface area contributed by atoms with Crippen LogP contribution < -0.4 is 15.8 Å². The van der Waals surface area contributed by atoms with Gasteiger partial charge in [-0.2, -0.15) is 0 Å². The van der Waals surface area contributed by atoms with Gasteiger partial charge in [-0.3, -0.25) is 0 Å². The summed E-state index contributed by atoms with van der Waals surface area (Å²) in [5.41, 5.74) is 6.40. The SMILES string of the molecule is COc1c(Cl)cc(Cl)cc1NCC(C)N. The highest BCUT2D eigenvalue weighted by atomic mass is 35.5. The van der Waals surface area contributed by atoms with E-state index in [2.05, 4.69) is 5.32 Å². The Bertz CT molecular complexity index is 342. The van der Waals surface area contributed by atoms with Gasteiger partial charge < -0.3 is 15.8 Å². The first-order chi connectivity index (χ1) is 7.04. The van der Waals surface area contributed by atoms with Crippen molar-refractivity contribution in [3.8, 4) is 5.75 Å². The number of ether oxygens (including phenoxy) is 1. The minimum absolute atomic E-state index is 0.0486. The van der Waals surface area contributed by atoms with E-state index in [0.29, 0.717) is 22.3 Å². The van der Waals surface area contributed by atoms with Gasteiger partial charge in [0.2, 0.25) is 0 Å². The molecule has 1 rings (SSSR count). The molecule has 3 N–H and O–H groups in total. The fourth-order valence-corrected chi connectivity index (χ4v) is 1.74. The van der Waals surface area contributed by atoms with Crippen molar-refractivity contribution >= 4 is 28.9 Å². The van der Waals surface area contributed by atoms with Gasteiger partial charge in [0.25, 0.3) is 0 Å². The van der Waals surface area contributed by atoms with Crippen molar-refractivity contribution in [1.82, 2.24) is 0 Å². The Kier molecular flexibility index (Phi) is 4.51. The minimum atomic E-state index is 0.0486. The lowest BCUT2D eigenvalue weighted by atomic mass is 10.2. The third-order valence-electron chi connectivity index (χ3n) is 1.83. The molecule has 0 saturated carbocycles. The van der Waals surface area contributed by atoms with Crippen LogP contribution in [-0.4, -0.2) is 19.7 Å². The lowest BCUT2D eigenvalue weighted by molar-refractivity contribution is 0.416. The van der Waals surface area contributed by atoms with Gasteiger partial charge in [0, 0.05) is 17.6 Å². The van der Waals surface area contributed by atoms with Crippen LogP contribution in [0, 0.1) is 0 Å². The molecule has 1 unspecified atom stereocenters. The van der Waals surface area contributed by atoms with Crippen molar-refractivity contribution in [2.45, 2.75) is 13.0 Å². The number of hydrogen-bond acceptors (Lipinski definition) is 3.